The van der Waals surface area contributed by atoms with Crippen molar-refractivity contribution >= 4 is 11.7 Å². The van der Waals surface area contributed by atoms with Crippen LogP contribution in [0.2, 0.25) is 0 Å². The summed E-state index contributed by atoms with van der Waals surface area (Å²) in [5, 5.41) is 9.63. The average molecular weight is 249 g/mol. The van der Waals surface area contributed by atoms with E-state index in [1.54, 1.807) is 6.07 Å². The highest BCUT2D eigenvalue weighted by molar-refractivity contribution is 5.93. The van der Waals surface area contributed by atoms with E-state index in [0.29, 0.717) is 11.6 Å². The van der Waals surface area contributed by atoms with Crippen LogP contribution in [0.25, 0.3) is 0 Å². The van der Waals surface area contributed by atoms with Crippen molar-refractivity contribution in [2.75, 3.05) is 5.73 Å². The molecule has 2 atom stereocenters. The van der Waals surface area contributed by atoms with Gasteiger partial charge in [0.15, 0.2) is 0 Å². The van der Waals surface area contributed by atoms with Crippen molar-refractivity contribution in [2.24, 2.45) is 5.92 Å². The van der Waals surface area contributed by atoms with E-state index in [0.717, 1.165) is 19.3 Å². The Labute approximate surface area is 107 Å². The maximum Gasteiger partial charge on any atom is 0.342 e. The lowest BCUT2D eigenvalue weighted by Crippen LogP contribution is -2.24. The summed E-state index contributed by atoms with van der Waals surface area (Å²) in [5.74, 6) is 0.0166. The smallest absolute Gasteiger partial charge is 0.342 e. The minimum atomic E-state index is -0.487. The third-order valence-electron chi connectivity index (χ3n) is 3.40. The molecule has 1 aliphatic carbocycles. The number of carbonyl (C=O) groups is 1. The molecule has 0 aliphatic heterocycles. The number of phenolic OH excluding ortho intramolecular Hbond substituents is 1. The van der Waals surface area contributed by atoms with Crippen molar-refractivity contribution in [1.82, 2.24) is 0 Å². The van der Waals surface area contributed by atoms with Crippen LogP contribution in [0.15, 0.2) is 18.2 Å². The Morgan fingerprint density at radius 2 is 2.22 bits per heavy atom. The molecule has 1 aromatic carbocycles. The highest BCUT2D eigenvalue weighted by atomic mass is 16.5. The summed E-state index contributed by atoms with van der Waals surface area (Å²) in [6.07, 6.45) is 4.04. The summed E-state index contributed by atoms with van der Waals surface area (Å²) in [5.41, 5.74) is 6.19. The number of hydrogen-bond donors (Lipinski definition) is 2. The van der Waals surface area contributed by atoms with E-state index in [2.05, 4.69) is 6.92 Å². The van der Waals surface area contributed by atoms with Crippen LogP contribution < -0.4 is 5.73 Å². The molecule has 3 N–H and O–H groups in total. The van der Waals surface area contributed by atoms with Crippen molar-refractivity contribution in [2.45, 2.75) is 38.7 Å². The van der Waals surface area contributed by atoms with Gasteiger partial charge < -0.3 is 15.6 Å². The van der Waals surface area contributed by atoms with Gasteiger partial charge in [0.2, 0.25) is 0 Å². The van der Waals surface area contributed by atoms with Crippen molar-refractivity contribution in [3.05, 3.63) is 23.8 Å². The minimum absolute atomic E-state index is 0.0397. The molecule has 0 aromatic heterocycles. The number of hydrogen-bond acceptors (Lipinski definition) is 4. The molecule has 18 heavy (non-hydrogen) atoms. The van der Waals surface area contributed by atoms with Gasteiger partial charge in [0.05, 0.1) is 0 Å². The number of nitrogen functional groups attached to an aromatic ring is 1. The van der Waals surface area contributed by atoms with Crippen LogP contribution in [0.5, 0.6) is 5.75 Å². The molecular formula is C14H19NO3. The van der Waals surface area contributed by atoms with E-state index in [-0.39, 0.29) is 17.4 Å². The van der Waals surface area contributed by atoms with Crippen LogP contribution in [0, 0.1) is 5.92 Å². The van der Waals surface area contributed by atoms with Gasteiger partial charge in [-0.2, -0.15) is 0 Å². The molecule has 0 saturated heterocycles. The van der Waals surface area contributed by atoms with Gasteiger partial charge in [0.1, 0.15) is 17.4 Å². The van der Waals surface area contributed by atoms with Crippen LogP contribution >= 0.6 is 0 Å². The number of esters is 1. The number of benzene rings is 1. The molecule has 98 valence electrons. The molecule has 0 spiro atoms. The third kappa shape index (κ3) is 2.94. The Kier molecular flexibility index (Phi) is 3.75. The molecule has 1 saturated carbocycles. The van der Waals surface area contributed by atoms with Crippen LogP contribution in [0.1, 0.15) is 43.0 Å². The summed E-state index contributed by atoms with van der Waals surface area (Å²) >= 11 is 0. The van der Waals surface area contributed by atoms with Gasteiger partial charge in [-0.1, -0.05) is 13.3 Å². The van der Waals surface area contributed by atoms with Gasteiger partial charge in [-0.05, 0) is 43.4 Å². The summed E-state index contributed by atoms with van der Waals surface area (Å²) < 4.78 is 5.43. The number of ether oxygens (including phenoxy) is 1. The predicted octanol–water partition coefficient (Wildman–Crippen LogP) is 2.71. The zero-order valence-electron chi connectivity index (χ0n) is 10.6. The number of carbonyl (C=O) groups excluding carboxylic acids is 1. The second-order valence-electron chi connectivity index (χ2n) is 5.08. The number of anilines is 1. The molecule has 1 aliphatic rings. The first kappa shape index (κ1) is 12.7. The van der Waals surface area contributed by atoms with E-state index < -0.39 is 5.97 Å². The minimum Gasteiger partial charge on any atom is -0.507 e. The summed E-state index contributed by atoms with van der Waals surface area (Å²) in [7, 11) is 0. The normalized spacial score (nSPS) is 23.6. The molecule has 1 aromatic rings. The standard InChI is InChI=1S/C14H19NO3/c1-9-3-2-4-11(7-9)18-14(17)12-8-10(15)5-6-13(12)16/h5-6,8-9,11,16H,2-4,7,15H2,1H3. The molecule has 0 amide bonds. The first-order valence-corrected chi connectivity index (χ1v) is 6.35. The van der Waals surface area contributed by atoms with Crippen molar-refractivity contribution in [3.63, 3.8) is 0 Å². The Bertz CT molecular complexity index is 445. The predicted molar refractivity (Wildman–Crippen MR) is 69.4 cm³/mol. The average Bonchev–Trinajstić information content (AvgIpc) is 2.32. The van der Waals surface area contributed by atoms with E-state index in [4.69, 9.17) is 10.5 Å². The quantitative estimate of drug-likeness (QED) is 0.480. The van der Waals surface area contributed by atoms with Gasteiger partial charge in [-0.15, -0.1) is 0 Å². The molecule has 2 unspecified atom stereocenters. The number of rotatable bonds is 2. The number of phenols is 1. The van der Waals surface area contributed by atoms with Crippen molar-refractivity contribution in [3.8, 4) is 5.75 Å². The molecule has 4 heteroatoms. The second kappa shape index (κ2) is 5.29. The first-order chi connectivity index (χ1) is 8.56. The fourth-order valence-corrected chi connectivity index (χ4v) is 2.42. The maximum atomic E-state index is 12.0. The summed E-state index contributed by atoms with van der Waals surface area (Å²) in [6, 6.07) is 4.41. The first-order valence-electron chi connectivity index (χ1n) is 6.35. The van der Waals surface area contributed by atoms with Gasteiger partial charge in [-0.25, -0.2) is 4.79 Å². The largest absolute Gasteiger partial charge is 0.507 e. The van der Waals surface area contributed by atoms with Crippen LogP contribution in [0.4, 0.5) is 5.69 Å². The van der Waals surface area contributed by atoms with E-state index in [1.165, 1.54) is 18.6 Å². The molecule has 4 nitrogen and oxygen atoms in total. The molecule has 2 rings (SSSR count). The third-order valence-corrected chi connectivity index (χ3v) is 3.40. The van der Waals surface area contributed by atoms with Gasteiger partial charge >= 0.3 is 5.97 Å². The molecular weight excluding hydrogens is 230 g/mol. The lowest BCUT2D eigenvalue weighted by Gasteiger charge is -2.26. The number of aromatic hydroxyl groups is 1. The molecule has 0 heterocycles. The zero-order chi connectivity index (χ0) is 13.1. The monoisotopic (exact) mass is 249 g/mol. The lowest BCUT2D eigenvalue weighted by molar-refractivity contribution is 0.0152. The van der Waals surface area contributed by atoms with Gasteiger partial charge in [0, 0.05) is 5.69 Å². The second-order valence-corrected chi connectivity index (χ2v) is 5.08. The Morgan fingerprint density at radius 3 is 2.94 bits per heavy atom. The maximum absolute atomic E-state index is 12.0. The molecule has 0 bridgehead atoms. The summed E-state index contributed by atoms with van der Waals surface area (Å²) in [6.45, 7) is 2.16. The highest BCUT2D eigenvalue weighted by Gasteiger charge is 2.24. The highest BCUT2D eigenvalue weighted by Crippen LogP contribution is 2.28. The molecule has 1 fully saturated rings. The lowest BCUT2D eigenvalue weighted by atomic mass is 9.89. The van der Waals surface area contributed by atoms with Gasteiger partial charge in [0.25, 0.3) is 0 Å². The van der Waals surface area contributed by atoms with E-state index in [9.17, 15) is 9.90 Å². The topological polar surface area (TPSA) is 72.5 Å². The fraction of sp³-hybridized carbons (Fsp3) is 0.500. The van der Waals surface area contributed by atoms with Crippen LogP contribution in [-0.2, 0) is 4.74 Å². The van der Waals surface area contributed by atoms with E-state index in [1.807, 2.05) is 0 Å². The van der Waals surface area contributed by atoms with Crippen LogP contribution in [0.3, 0.4) is 0 Å². The van der Waals surface area contributed by atoms with Gasteiger partial charge in [-0.3, -0.25) is 0 Å². The summed E-state index contributed by atoms with van der Waals surface area (Å²) in [4.78, 5) is 12.0. The van der Waals surface area contributed by atoms with Crippen molar-refractivity contribution in [1.29, 1.82) is 0 Å². The zero-order valence-corrected chi connectivity index (χ0v) is 10.6. The Balaban J connectivity index is 2.05. The SMILES string of the molecule is CC1CCCC(OC(=O)c2cc(N)ccc2O)C1. The van der Waals surface area contributed by atoms with Crippen LogP contribution in [-0.4, -0.2) is 17.2 Å². The van der Waals surface area contributed by atoms with E-state index >= 15 is 0 Å². The molecule has 0 radical (unpaired) electrons. The Morgan fingerprint density at radius 1 is 1.44 bits per heavy atom. The fourth-order valence-electron chi connectivity index (χ4n) is 2.42. The van der Waals surface area contributed by atoms with Crippen molar-refractivity contribution < 1.29 is 14.6 Å². The Hall–Kier alpha value is -1.71. The number of nitrogens with two attached hydrogens (primary N) is 1.